The molecule has 0 aliphatic rings. The average molecular weight is 588 g/mol. The zero-order valence-corrected chi connectivity index (χ0v) is 25.0. The Labute approximate surface area is 250 Å². The van der Waals surface area contributed by atoms with Crippen LogP contribution in [0.4, 0.5) is 17.3 Å². The largest absolute Gasteiger partial charge is 0.494 e. The van der Waals surface area contributed by atoms with E-state index < -0.39 is 5.91 Å². The first-order valence-corrected chi connectivity index (χ1v) is 13.7. The molecule has 0 atom stereocenters. The van der Waals surface area contributed by atoms with Gasteiger partial charge < -0.3 is 33.9 Å². The van der Waals surface area contributed by atoms with Crippen LogP contribution >= 0.6 is 0 Å². The lowest BCUT2D eigenvalue weighted by molar-refractivity contribution is -0.121. The molecule has 0 radical (unpaired) electrons. The molecule has 2 N–H and O–H groups in total. The Morgan fingerprint density at radius 1 is 1.05 bits per heavy atom. The minimum absolute atomic E-state index is 0.353. The van der Waals surface area contributed by atoms with Crippen LogP contribution in [0.1, 0.15) is 5.56 Å². The average Bonchev–Trinajstić information content (AvgIpc) is 3.42. The molecule has 12 nitrogen and oxygen atoms in total. The van der Waals surface area contributed by atoms with Crippen molar-refractivity contribution in [3.63, 3.8) is 0 Å². The summed E-state index contributed by atoms with van der Waals surface area (Å²) in [7, 11) is 9.22. The van der Waals surface area contributed by atoms with E-state index >= 15 is 0 Å². The molecule has 2 heterocycles. The zero-order chi connectivity index (χ0) is 30.8. The Kier molecular flexibility index (Phi) is 10.7. The van der Waals surface area contributed by atoms with Gasteiger partial charge in [0.05, 0.1) is 24.9 Å². The third-order valence-corrected chi connectivity index (χ3v) is 6.61. The van der Waals surface area contributed by atoms with Crippen molar-refractivity contribution in [1.82, 2.24) is 24.8 Å². The van der Waals surface area contributed by atoms with Gasteiger partial charge in [-0.1, -0.05) is 0 Å². The van der Waals surface area contributed by atoms with Crippen LogP contribution in [-0.2, 0) is 14.3 Å². The lowest BCUT2D eigenvalue weighted by atomic mass is 10.1. The molecule has 226 valence electrons. The van der Waals surface area contributed by atoms with Gasteiger partial charge in [-0.15, -0.1) is 0 Å². The van der Waals surface area contributed by atoms with E-state index in [4.69, 9.17) is 19.2 Å². The molecule has 4 rings (SSSR count). The van der Waals surface area contributed by atoms with Gasteiger partial charge in [-0.05, 0) is 56.6 Å². The molecule has 2 aromatic carbocycles. The molecule has 43 heavy (non-hydrogen) atoms. The number of imide groups is 1. The number of nitrogens with zero attached hydrogens (tertiary/aromatic N) is 5. The first kappa shape index (κ1) is 31.0. The Morgan fingerprint density at radius 2 is 1.88 bits per heavy atom. The van der Waals surface area contributed by atoms with Crippen molar-refractivity contribution in [3.05, 3.63) is 66.5 Å². The maximum absolute atomic E-state index is 12.0. The monoisotopic (exact) mass is 587 g/mol. The highest BCUT2D eigenvalue weighted by atomic mass is 16.5. The van der Waals surface area contributed by atoms with Gasteiger partial charge in [0, 0.05) is 68.4 Å². The predicted octanol–water partition coefficient (Wildman–Crippen LogP) is 3.48. The fraction of sp³-hybridized carbons (Fsp3) is 0.290. The minimum atomic E-state index is -0.522. The van der Waals surface area contributed by atoms with E-state index in [0.29, 0.717) is 42.8 Å². The van der Waals surface area contributed by atoms with Crippen molar-refractivity contribution in [2.75, 3.05) is 71.9 Å². The van der Waals surface area contributed by atoms with Crippen LogP contribution in [0, 0.1) is 0 Å². The number of ether oxygens (including phenoxy) is 3. The van der Waals surface area contributed by atoms with E-state index in [1.54, 1.807) is 26.5 Å². The van der Waals surface area contributed by atoms with Crippen molar-refractivity contribution in [2.45, 2.75) is 0 Å². The number of hydrogen-bond donors (Lipinski definition) is 2. The van der Waals surface area contributed by atoms with Gasteiger partial charge in [0.2, 0.25) is 18.3 Å². The van der Waals surface area contributed by atoms with Crippen LogP contribution in [0.2, 0.25) is 0 Å². The summed E-state index contributed by atoms with van der Waals surface area (Å²) in [5.74, 6) is 1.85. The molecule has 0 fully saturated rings. The van der Waals surface area contributed by atoms with E-state index in [9.17, 15) is 9.59 Å². The quantitative estimate of drug-likeness (QED) is 0.121. The highest BCUT2D eigenvalue weighted by Gasteiger charge is 2.15. The molecule has 0 bridgehead atoms. The first-order valence-electron chi connectivity index (χ1n) is 13.7. The summed E-state index contributed by atoms with van der Waals surface area (Å²) in [6, 6.07) is 13.5. The molecule has 0 spiro atoms. The molecule has 0 saturated heterocycles. The Balaban J connectivity index is 1.65. The van der Waals surface area contributed by atoms with Gasteiger partial charge in [-0.2, -0.15) is 4.98 Å². The highest BCUT2D eigenvalue weighted by Crippen LogP contribution is 2.35. The van der Waals surface area contributed by atoms with Gasteiger partial charge in [-0.25, -0.2) is 4.98 Å². The van der Waals surface area contributed by atoms with Crippen molar-refractivity contribution >= 4 is 46.6 Å². The third kappa shape index (κ3) is 8.09. The van der Waals surface area contributed by atoms with E-state index in [1.165, 1.54) is 6.08 Å². The van der Waals surface area contributed by atoms with Crippen molar-refractivity contribution in [3.8, 4) is 17.3 Å². The lowest BCUT2D eigenvalue weighted by Gasteiger charge is -2.25. The maximum Gasteiger partial charge on any atom is 0.250 e. The summed E-state index contributed by atoms with van der Waals surface area (Å²) in [4.78, 5) is 36.1. The number of carbonyl (C=O) groups is 2. The molecule has 4 aromatic rings. The summed E-state index contributed by atoms with van der Waals surface area (Å²) in [5, 5.41) is 6.41. The van der Waals surface area contributed by atoms with E-state index in [0.717, 1.165) is 41.0 Å². The van der Waals surface area contributed by atoms with Crippen LogP contribution in [-0.4, -0.2) is 93.4 Å². The predicted molar refractivity (Wildman–Crippen MR) is 168 cm³/mol. The topological polar surface area (TPSA) is 123 Å². The second kappa shape index (κ2) is 14.8. The van der Waals surface area contributed by atoms with E-state index in [-0.39, 0.29) is 0 Å². The van der Waals surface area contributed by atoms with Crippen LogP contribution in [0.25, 0.3) is 22.8 Å². The molecule has 2 amide bonds. The molecule has 2 aromatic heterocycles. The maximum atomic E-state index is 12.0. The summed E-state index contributed by atoms with van der Waals surface area (Å²) < 4.78 is 18.5. The summed E-state index contributed by atoms with van der Waals surface area (Å²) in [5.41, 5.74) is 3.16. The molecule has 12 heteroatoms. The minimum Gasteiger partial charge on any atom is -0.494 e. The number of amides is 2. The lowest BCUT2D eigenvalue weighted by Crippen LogP contribution is -2.29. The van der Waals surface area contributed by atoms with Crippen molar-refractivity contribution < 1.29 is 23.8 Å². The Bertz CT molecular complexity index is 1580. The Hall–Kier alpha value is -4.94. The fourth-order valence-corrected chi connectivity index (χ4v) is 4.38. The number of likely N-dealkylation sites (N-methyl/N-ethyl adjacent to an activating group) is 2. The van der Waals surface area contributed by atoms with Gasteiger partial charge in [-0.3, -0.25) is 14.9 Å². The zero-order valence-electron chi connectivity index (χ0n) is 25.0. The van der Waals surface area contributed by atoms with Crippen LogP contribution < -0.4 is 25.0 Å². The number of fused-ring (bicyclic) bond motifs is 1. The van der Waals surface area contributed by atoms with E-state index in [2.05, 4.69) is 25.4 Å². The molecular formula is C31H37N7O5. The number of rotatable bonds is 15. The molecule has 0 saturated carbocycles. The second-order valence-electron chi connectivity index (χ2n) is 9.91. The standard InChI is InChI=1S/C31H37N7O5/c1-36(2)14-15-37(3)27-20-28(42-5)25(19-22(27)6-9-30(40)33-21-39)34-31-32-12-10-29(35-31)38-13-11-23-18-24(7-8-26(23)38)43-17-16-41-4/h6-13,18-21H,14-17H2,1-5H3,(H,32,34,35)(H,33,39,40). The Morgan fingerprint density at radius 3 is 2.63 bits per heavy atom. The highest BCUT2D eigenvalue weighted by molar-refractivity contribution is 5.98. The van der Waals surface area contributed by atoms with Gasteiger partial charge in [0.15, 0.2) is 0 Å². The van der Waals surface area contributed by atoms with Gasteiger partial charge >= 0.3 is 0 Å². The number of benzene rings is 2. The number of nitrogens with one attached hydrogen (secondary N) is 2. The van der Waals surface area contributed by atoms with Crippen LogP contribution in [0.15, 0.2) is 60.9 Å². The van der Waals surface area contributed by atoms with Crippen molar-refractivity contribution in [2.24, 2.45) is 0 Å². The number of carbonyl (C=O) groups excluding carboxylic acids is 2. The smallest absolute Gasteiger partial charge is 0.250 e. The molecule has 0 unspecified atom stereocenters. The molecular weight excluding hydrogens is 550 g/mol. The molecule has 0 aliphatic carbocycles. The van der Waals surface area contributed by atoms with Gasteiger partial charge in [0.25, 0.3) is 0 Å². The number of methoxy groups -OCH3 is 2. The second-order valence-corrected chi connectivity index (χ2v) is 9.91. The first-order chi connectivity index (χ1) is 20.8. The van der Waals surface area contributed by atoms with Crippen LogP contribution in [0.3, 0.4) is 0 Å². The SMILES string of the molecule is COCCOc1ccc2c(ccn2-c2ccnc(Nc3cc(C=CC(=O)NC=O)c(N(C)CCN(C)C)cc3OC)n2)c1. The third-order valence-electron chi connectivity index (χ3n) is 6.61. The van der Waals surface area contributed by atoms with Crippen LogP contribution in [0.5, 0.6) is 11.5 Å². The van der Waals surface area contributed by atoms with Crippen molar-refractivity contribution in [1.29, 1.82) is 0 Å². The summed E-state index contributed by atoms with van der Waals surface area (Å²) in [6.45, 7) is 2.55. The van der Waals surface area contributed by atoms with E-state index in [1.807, 2.05) is 74.4 Å². The summed E-state index contributed by atoms with van der Waals surface area (Å²) >= 11 is 0. The number of aromatic nitrogens is 3. The number of hydrogen-bond acceptors (Lipinski definition) is 10. The van der Waals surface area contributed by atoms with Gasteiger partial charge in [0.1, 0.15) is 23.9 Å². The molecule has 0 aliphatic heterocycles. The number of anilines is 3. The summed E-state index contributed by atoms with van der Waals surface area (Å²) in [6.07, 6.45) is 6.94. The fourth-order valence-electron chi connectivity index (χ4n) is 4.38. The normalized spacial score (nSPS) is 11.2.